The summed E-state index contributed by atoms with van der Waals surface area (Å²) in [4.78, 5) is 0. The van der Waals surface area contributed by atoms with E-state index in [0.717, 1.165) is 43.2 Å². The van der Waals surface area contributed by atoms with Crippen LogP contribution in [0.15, 0.2) is 30.6 Å². The van der Waals surface area contributed by atoms with Gasteiger partial charge in [0.25, 0.3) is 0 Å². The second-order valence-corrected chi connectivity index (χ2v) is 5.82. The van der Waals surface area contributed by atoms with Gasteiger partial charge in [0.2, 0.25) is 0 Å². The second kappa shape index (κ2) is 6.83. The van der Waals surface area contributed by atoms with Gasteiger partial charge in [-0.15, -0.1) is 0 Å². The summed E-state index contributed by atoms with van der Waals surface area (Å²) >= 11 is 0. The van der Waals surface area contributed by atoms with Crippen LogP contribution in [0, 0.1) is 6.92 Å². The first-order valence-electron chi connectivity index (χ1n) is 7.82. The van der Waals surface area contributed by atoms with Crippen LogP contribution in [0.2, 0.25) is 0 Å². The third-order valence-corrected chi connectivity index (χ3v) is 3.72. The molecule has 118 valence electrons. The summed E-state index contributed by atoms with van der Waals surface area (Å²) in [6, 6.07) is 6.40. The van der Waals surface area contributed by atoms with Gasteiger partial charge in [-0.2, -0.15) is 5.10 Å². The maximum Gasteiger partial charge on any atom is 0.165 e. The first-order chi connectivity index (χ1) is 10.7. The summed E-state index contributed by atoms with van der Waals surface area (Å²) in [5, 5.41) is 7.86. The minimum Gasteiger partial charge on any atom is -0.490 e. The smallest absolute Gasteiger partial charge is 0.165 e. The Balaban J connectivity index is 1.61. The Morgan fingerprint density at radius 2 is 2.18 bits per heavy atom. The SMILES string of the molecule is Cc1cnn(C[C@H](C)NCc2cccc3c2OCCCO3)c1. The molecule has 0 radical (unpaired) electrons. The summed E-state index contributed by atoms with van der Waals surface area (Å²) in [5.41, 5.74) is 2.33. The Kier molecular flexibility index (Phi) is 4.63. The summed E-state index contributed by atoms with van der Waals surface area (Å²) < 4.78 is 13.5. The highest BCUT2D eigenvalue weighted by Gasteiger charge is 2.14. The van der Waals surface area contributed by atoms with Gasteiger partial charge in [0.05, 0.1) is 26.0 Å². The Labute approximate surface area is 131 Å². The minimum absolute atomic E-state index is 0.321. The van der Waals surface area contributed by atoms with Crippen molar-refractivity contribution in [3.05, 3.63) is 41.7 Å². The standard InChI is InChI=1S/C17H23N3O2/c1-13-9-19-20(11-13)12-14(2)18-10-15-5-3-6-16-17(15)22-8-4-7-21-16/h3,5-6,9,11,14,18H,4,7-8,10,12H2,1-2H3/t14-/m0/s1. The van der Waals surface area contributed by atoms with E-state index in [1.54, 1.807) is 0 Å². The number of benzene rings is 1. The molecular formula is C17H23N3O2. The molecule has 0 aliphatic carbocycles. The van der Waals surface area contributed by atoms with Crippen LogP contribution >= 0.6 is 0 Å². The van der Waals surface area contributed by atoms with Crippen LogP contribution in [-0.4, -0.2) is 29.0 Å². The molecule has 0 spiro atoms. The summed E-state index contributed by atoms with van der Waals surface area (Å²) in [6.45, 7) is 7.26. The molecule has 0 amide bonds. The van der Waals surface area contributed by atoms with E-state index in [1.165, 1.54) is 5.56 Å². The predicted molar refractivity (Wildman–Crippen MR) is 85.3 cm³/mol. The Bertz CT molecular complexity index is 624. The van der Waals surface area contributed by atoms with E-state index < -0.39 is 0 Å². The van der Waals surface area contributed by atoms with E-state index in [0.29, 0.717) is 12.6 Å². The zero-order valence-electron chi connectivity index (χ0n) is 13.2. The van der Waals surface area contributed by atoms with Crippen LogP contribution in [0.3, 0.4) is 0 Å². The van der Waals surface area contributed by atoms with Crippen molar-refractivity contribution < 1.29 is 9.47 Å². The monoisotopic (exact) mass is 301 g/mol. The molecule has 2 heterocycles. The van der Waals surface area contributed by atoms with Gasteiger partial charge in [-0.1, -0.05) is 12.1 Å². The highest BCUT2D eigenvalue weighted by Crippen LogP contribution is 2.33. The molecule has 1 N–H and O–H groups in total. The molecule has 0 bridgehead atoms. The molecule has 0 fully saturated rings. The molecule has 0 saturated heterocycles. The number of nitrogens with one attached hydrogen (secondary N) is 1. The first-order valence-corrected chi connectivity index (χ1v) is 7.82. The normalized spacial score (nSPS) is 15.4. The predicted octanol–water partition coefficient (Wildman–Crippen LogP) is 2.53. The van der Waals surface area contributed by atoms with Crippen LogP contribution in [0.1, 0.15) is 24.5 Å². The first kappa shape index (κ1) is 14.9. The summed E-state index contributed by atoms with van der Waals surface area (Å²) in [7, 11) is 0. The topological polar surface area (TPSA) is 48.3 Å². The number of fused-ring (bicyclic) bond motifs is 1. The van der Waals surface area contributed by atoms with Crippen molar-refractivity contribution in [2.45, 2.75) is 39.4 Å². The zero-order chi connectivity index (χ0) is 15.4. The van der Waals surface area contributed by atoms with E-state index in [9.17, 15) is 0 Å². The van der Waals surface area contributed by atoms with Crippen LogP contribution in [0.4, 0.5) is 0 Å². The lowest BCUT2D eigenvalue weighted by Gasteiger charge is -2.17. The Hall–Kier alpha value is -2.01. The van der Waals surface area contributed by atoms with Gasteiger partial charge in [-0.25, -0.2) is 0 Å². The zero-order valence-corrected chi connectivity index (χ0v) is 13.2. The number of hydrogen-bond acceptors (Lipinski definition) is 4. The fourth-order valence-corrected chi connectivity index (χ4v) is 2.59. The van der Waals surface area contributed by atoms with Gasteiger partial charge in [0.1, 0.15) is 0 Å². The molecule has 1 aromatic heterocycles. The van der Waals surface area contributed by atoms with Crippen LogP contribution < -0.4 is 14.8 Å². The lowest BCUT2D eigenvalue weighted by Crippen LogP contribution is -2.30. The van der Waals surface area contributed by atoms with E-state index >= 15 is 0 Å². The van der Waals surface area contributed by atoms with E-state index in [4.69, 9.17) is 9.47 Å². The van der Waals surface area contributed by atoms with Gasteiger partial charge in [-0.05, 0) is 25.5 Å². The Morgan fingerprint density at radius 3 is 3.00 bits per heavy atom. The number of aromatic nitrogens is 2. The van der Waals surface area contributed by atoms with E-state index in [1.807, 2.05) is 23.0 Å². The van der Waals surface area contributed by atoms with Crippen molar-refractivity contribution in [3.8, 4) is 11.5 Å². The van der Waals surface area contributed by atoms with E-state index in [-0.39, 0.29) is 0 Å². The van der Waals surface area contributed by atoms with Crippen molar-refractivity contribution >= 4 is 0 Å². The van der Waals surface area contributed by atoms with Crippen molar-refractivity contribution in [3.63, 3.8) is 0 Å². The lowest BCUT2D eigenvalue weighted by atomic mass is 10.1. The van der Waals surface area contributed by atoms with Crippen molar-refractivity contribution in [2.75, 3.05) is 13.2 Å². The number of ether oxygens (including phenoxy) is 2. The molecule has 5 heteroatoms. The van der Waals surface area contributed by atoms with Gasteiger partial charge >= 0.3 is 0 Å². The molecular weight excluding hydrogens is 278 g/mol. The summed E-state index contributed by atoms with van der Waals surface area (Å²) in [5.74, 6) is 1.74. The molecule has 0 saturated carbocycles. The maximum absolute atomic E-state index is 5.85. The summed E-state index contributed by atoms with van der Waals surface area (Å²) in [6.07, 6.45) is 4.87. The number of rotatable bonds is 5. The molecule has 5 nitrogen and oxygen atoms in total. The quantitative estimate of drug-likeness (QED) is 0.922. The molecule has 22 heavy (non-hydrogen) atoms. The molecule has 1 aliphatic rings. The van der Waals surface area contributed by atoms with Gasteiger partial charge in [0, 0.05) is 30.8 Å². The number of aryl methyl sites for hydroxylation is 1. The van der Waals surface area contributed by atoms with E-state index in [2.05, 4.69) is 36.5 Å². The number of para-hydroxylation sites is 1. The van der Waals surface area contributed by atoms with Crippen LogP contribution in [0.25, 0.3) is 0 Å². The number of nitrogens with zero attached hydrogens (tertiary/aromatic N) is 2. The van der Waals surface area contributed by atoms with Gasteiger partial charge in [0.15, 0.2) is 11.5 Å². The molecule has 2 aromatic rings. The molecule has 1 atom stereocenters. The second-order valence-electron chi connectivity index (χ2n) is 5.82. The van der Waals surface area contributed by atoms with Crippen LogP contribution in [-0.2, 0) is 13.1 Å². The number of hydrogen-bond donors (Lipinski definition) is 1. The molecule has 1 aliphatic heterocycles. The minimum atomic E-state index is 0.321. The third-order valence-electron chi connectivity index (χ3n) is 3.72. The van der Waals surface area contributed by atoms with Gasteiger partial charge in [-0.3, -0.25) is 4.68 Å². The maximum atomic E-state index is 5.85. The van der Waals surface area contributed by atoms with Crippen molar-refractivity contribution in [1.29, 1.82) is 0 Å². The highest BCUT2D eigenvalue weighted by atomic mass is 16.5. The molecule has 3 rings (SSSR count). The highest BCUT2D eigenvalue weighted by molar-refractivity contribution is 5.47. The van der Waals surface area contributed by atoms with Gasteiger partial charge < -0.3 is 14.8 Å². The fraction of sp³-hybridized carbons (Fsp3) is 0.471. The molecule has 1 aromatic carbocycles. The average molecular weight is 301 g/mol. The van der Waals surface area contributed by atoms with Crippen LogP contribution in [0.5, 0.6) is 11.5 Å². The van der Waals surface area contributed by atoms with Crippen molar-refractivity contribution in [2.24, 2.45) is 0 Å². The lowest BCUT2D eigenvalue weighted by molar-refractivity contribution is 0.295. The molecule has 0 unspecified atom stereocenters. The Morgan fingerprint density at radius 1 is 1.32 bits per heavy atom. The largest absolute Gasteiger partial charge is 0.490 e. The average Bonchev–Trinajstić information content (AvgIpc) is 2.76. The van der Waals surface area contributed by atoms with Crippen molar-refractivity contribution in [1.82, 2.24) is 15.1 Å². The fourth-order valence-electron chi connectivity index (χ4n) is 2.59. The third kappa shape index (κ3) is 3.60.